The minimum atomic E-state index is -4.58. The van der Waals surface area contributed by atoms with E-state index in [-0.39, 0.29) is 27.6 Å². The number of phenols is 1. The zero-order valence-corrected chi connectivity index (χ0v) is 13.8. The summed E-state index contributed by atoms with van der Waals surface area (Å²) >= 11 is 5.85. The SMILES string of the molecule is C=Cc1c(NS(=O)(=O)c2c(F)cccc2F)cc(Cl)c(O)c1C=C. The maximum atomic E-state index is 13.8. The molecule has 0 fully saturated rings. The van der Waals surface area contributed by atoms with Gasteiger partial charge >= 0.3 is 0 Å². The van der Waals surface area contributed by atoms with Crippen LogP contribution in [0, 0.1) is 11.6 Å². The molecule has 126 valence electrons. The van der Waals surface area contributed by atoms with E-state index >= 15 is 0 Å². The van der Waals surface area contributed by atoms with Gasteiger partial charge in [-0.05, 0) is 18.2 Å². The molecular formula is C16H12ClF2NO3S. The fourth-order valence-electron chi connectivity index (χ4n) is 2.12. The Hall–Kier alpha value is -2.38. The van der Waals surface area contributed by atoms with Crippen LogP contribution in [0.2, 0.25) is 5.02 Å². The summed E-state index contributed by atoms with van der Waals surface area (Å²) in [6.07, 6.45) is 2.50. The second kappa shape index (κ2) is 6.62. The predicted octanol–water partition coefficient (Wildman–Crippen LogP) is 4.41. The van der Waals surface area contributed by atoms with Crippen molar-refractivity contribution in [1.29, 1.82) is 0 Å². The lowest BCUT2D eigenvalue weighted by Gasteiger charge is -2.15. The maximum Gasteiger partial charge on any atom is 0.267 e. The van der Waals surface area contributed by atoms with E-state index in [1.54, 1.807) is 0 Å². The van der Waals surface area contributed by atoms with Gasteiger partial charge in [-0.15, -0.1) is 0 Å². The van der Waals surface area contributed by atoms with E-state index in [1.807, 2.05) is 0 Å². The number of hydrogen-bond acceptors (Lipinski definition) is 3. The van der Waals surface area contributed by atoms with Crippen LogP contribution in [0.15, 0.2) is 42.3 Å². The Kier molecular flexibility index (Phi) is 4.96. The quantitative estimate of drug-likeness (QED) is 0.765. The number of sulfonamides is 1. The second-order valence-corrected chi connectivity index (χ2v) is 6.67. The van der Waals surface area contributed by atoms with Crippen molar-refractivity contribution < 1.29 is 22.3 Å². The number of anilines is 1. The van der Waals surface area contributed by atoms with Gasteiger partial charge in [0.05, 0.1) is 10.7 Å². The zero-order chi connectivity index (χ0) is 18.1. The van der Waals surface area contributed by atoms with Crippen LogP contribution in [0.1, 0.15) is 11.1 Å². The molecule has 0 amide bonds. The van der Waals surface area contributed by atoms with Crippen LogP contribution in [-0.2, 0) is 10.0 Å². The smallest absolute Gasteiger partial charge is 0.267 e. The standard InChI is InChI=1S/C16H12ClF2NO3S/c1-3-9-10(4-2)15(21)11(17)8-14(9)20-24(22,23)16-12(18)6-5-7-13(16)19/h3-8,20-21H,1-2H2. The molecule has 0 bridgehead atoms. The average Bonchev–Trinajstić information content (AvgIpc) is 2.49. The van der Waals surface area contributed by atoms with Gasteiger partial charge in [0.2, 0.25) is 0 Å². The van der Waals surface area contributed by atoms with Crippen LogP contribution >= 0.6 is 11.6 Å². The van der Waals surface area contributed by atoms with Crippen molar-refractivity contribution in [3.8, 4) is 5.75 Å². The molecule has 2 aromatic carbocycles. The van der Waals surface area contributed by atoms with Crippen LogP contribution in [0.25, 0.3) is 12.2 Å². The lowest BCUT2D eigenvalue weighted by atomic mass is 10.0. The highest BCUT2D eigenvalue weighted by molar-refractivity contribution is 7.92. The van der Waals surface area contributed by atoms with Gasteiger partial charge in [0, 0.05) is 11.1 Å². The van der Waals surface area contributed by atoms with Gasteiger partial charge in [-0.2, -0.15) is 0 Å². The molecule has 0 aliphatic heterocycles. The number of phenolic OH excluding ortho intramolecular Hbond substituents is 1. The molecule has 0 aliphatic rings. The summed E-state index contributed by atoms with van der Waals surface area (Å²) in [6, 6.07) is 3.80. The number of benzene rings is 2. The molecule has 4 nitrogen and oxygen atoms in total. The van der Waals surface area contributed by atoms with Crippen LogP contribution in [0.3, 0.4) is 0 Å². The highest BCUT2D eigenvalue weighted by Crippen LogP contribution is 2.38. The van der Waals surface area contributed by atoms with E-state index < -0.39 is 26.6 Å². The van der Waals surface area contributed by atoms with Gasteiger partial charge in [0.15, 0.2) is 4.90 Å². The fourth-order valence-corrected chi connectivity index (χ4v) is 3.54. The third-order valence-corrected chi connectivity index (χ3v) is 4.88. The van der Waals surface area contributed by atoms with Crippen molar-refractivity contribution in [3.05, 3.63) is 65.2 Å². The maximum absolute atomic E-state index is 13.8. The number of rotatable bonds is 5. The van der Waals surface area contributed by atoms with E-state index in [2.05, 4.69) is 17.9 Å². The molecule has 0 radical (unpaired) electrons. The van der Waals surface area contributed by atoms with Gasteiger partial charge in [-0.1, -0.05) is 43.0 Å². The second-order valence-electron chi connectivity index (χ2n) is 4.65. The van der Waals surface area contributed by atoms with E-state index in [9.17, 15) is 22.3 Å². The molecule has 0 saturated heterocycles. The van der Waals surface area contributed by atoms with E-state index in [0.29, 0.717) is 0 Å². The van der Waals surface area contributed by atoms with E-state index in [1.165, 1.54) is 12.2 Å². The Balaban J connectivity index is 2.65. The summed E-state index contributed by atoms with van der Waals surface area (Å²) < 4.78 is 54.3. The molecule has 2 N–H and O–H groups in total. The molecule has 0 spiro atoms. The Morgan fingerprint density at radius 2 is 1.67 bits per heavy atom. The highest BCUT2D eigenvalue weighted by Gasteiger charge is 2.25. The van der Waals surface area contributed by atoms with Crippen LogP contribution in [0.4, 0.5) is 14.5 Å². The summed E-state index contributed by atoms with van der Waals surface area (Å²) in [4.78, 5) is -1.12. The third-order valence-electron chi connectivity index (χ3n) is 3.17. The summed E-state index contributed by atoms with van der Waals surface area (Å²) in [6.45, 7) is 7.03. The van der Waals surface area contributed by atoms with Gasteiger partial charge in [-0.25, -0.2) is 17.2 Å². The Labute approximate surface area is 142 Å². The molecule has 8 heteroatoms. The minimum absolute atomic E-state index is 0.106. The summed E-state index contributed by atoms with van der Waals surface area (Å²) in [7, 11) is -4.58. The van der Waals surface area contributed by atoms with Crippen molar-refractivity contribution >= 4 is 39.5 Å². The molecule has 24 heavy (non-hydrogen) atoms. The molecule has 2 aromatic rings. The highest BCUT2D eigenvalue weighted by atomic mass is 35.5. The van der Waals surface area contributed by atoms with Crippen molar-refractivity contribution in [1.82, 2.24) is 0 Å². The fraction of sp³-hybridized carbons (Fsp3) is 0. The normalized spacial score (nSPS) is 11.1. The number of nitrogens with one attached hydrogen (secondary N) is 1. The summed E-state index contributed by atoms with van der Waals surface area (Å²) in [5.41, 5.74) is 0.182. The molecule has 2 rings (SSSR count). The van der Waals surface area contributed by atoms with Crippen LogP contribution in [0.5, 0.6) is 5.75 Å². The topological polar surface area (TPSA) is 66.4 Å². The molecule has 0 atom stereocenters. The first-order valence-electron chi connectivity index (χ1n) is 6.50. The number of aromatic hydroxyl groups is 1. The number of hydrogen-bond donors (Lipinski definition) is 2. The molecular weight excluding hydrogens is 360 g/mol. The molecule has 0 aromatic heterocycles. The number of halogens is 3. The van der Waals surface area contributed by atoms with Gasteiger partial charge < -0.3 is 5.11 Å². The Morgan fingerprint density at radius 3 is 2.17 bits per heavy atom. The molecule has 0 saturated carbocycles. The van der Waals surface area contributed by atoms with E-state index in [4.69, 9.17) is 11.6 Å². The van der Waals surface area contributed by atoms with Crippen LogP contribution in [-0.4, -0.2) is 13.5 Å². The summed E-state index contributed by atoms with van der Waals surface area (Å²) in [5.74, 6) is -2.80. The van der Waals surface area contributed by atoms with E-state index in [0.717, 1.165) is 24.3 Å². The lowest BCUT2D eigenvalue weighted by Crippen LogP contribution is -2.17. The third kappa shape index (κ3) is 3.13. The first kappa shape index (κ1) is 18.0. The van der Waals surface area contributed by atoms with Gasteiger partial charge in [0.25, 0.3) is 10.0 Å². The molecule has 0 aliphatic carbocycles. The van der Waals surface area contributed by atoms with Gasteiger partial charge in [-0.3, -0.25) is 4.72 Å². The Bertz CT molecular complexity index is 923. The summed E-state index contributed by atoms with van der Waals surface area (Å²) in [5, 5.41) is 9.72. The average molecular weight is 372 g/mol. The Morgan fingerprint density at radius 1 is 1.12 bits per heavy atom. The first-order chi connectivity index (χ1) is 11.2. The van der Waals surface area contributed by atoms with Crippen molar-refractivity contribution in [2.24, 2.45) is 0 Å². The van der Waals surface area contributed by atoms with Crippen molar-refractivity contribution in [2.45, 2.75) is 4.90 Å². The zero-order valence-electron chi connectivity index (χ0n) is 12.2. The molecule has 0 heterocycles. The van der Waals surface area contributed by atoms with Crippen molar-refractivity contribution in [3.63, 3.8) is 0 Å². The van der Waals surface area contributed by atoms with Gasteiger partial charge in [0.1, 0.15) is 17.4 Å². The molecule has 0 unspecified atom stereocenters. The minimum Gasteiger partial charge on any atom is -0.506 e. The largest absolute Gasteiger partial charge is 0.506 e. The van der Waals surface area contributed by atoms with Crippen LogP contribution < -0.4 is 4.72 Å². The first-order valence-corrected chi connectivity index (χ1v) is 8.36. The lowest BCUT2D eigenvalue weighted by molar-refractivity contribution is 0.474. The van der Waals surface area contributed by atoms with Crippen molar-refractivity contribution in [2.75, 3.05) is 4.72 Å². The predicted molar refractivity (Wildman–Crippen MR) is 90.5 cm³/mol. The monoisotopic (exact) mass is 371 g/mol.